The number of aliphatic hydroxyl groups excluding tert-OH is 1. The Hall–Kier alpha value is -1.59. The highest BCUT2D eigenvalue weighted by Gasteiger charge is 2.36. The molecule has 11 heteroatoms. The van der Waals surface area contributed by atoms with Gasteiger partial charge in [-0.25, -0.2) is 8.42 Å². The van der Waals surface area contributed by atoms with Crippen LogP contribution < -0.4 is 5.32 Å². The van der Waals surface area contributed by atoms with Crippen molar-refractivity contribution in [2.75, 3.05) is 12.4 Å². The molecule has 1 fully saturated rings. The lowest BCUT2D eigenvalue weighted by Crippen LogP contribution is -2.46. The molecule has 0 aliphatic heterocycles. The van der Waals surface area contributed by atoms with Crippen LogP contribution in [-0.4, -0.2) is 53.1 Å². The highest BCUT2D eigenvalue weighted by Crippen LogP contribution is 2.29. The Kier molecular flexibility index (Phi) is 6.11. The summed E-state index contributed by atoms with van der Waals surface area (Å²) >= 11 is 6.56. The largest absolute Gasteiger partial charge is 0.391 e. The number of carbonyl (C=O) groups is 1. The van der Waals surface area contributed by atoms with Crippen LogP contribution in [0.3, 0.4) is 0 Å². The molecule has 1 heterocycles. The Morgan fingerprint density at radius 2 is 1.93 bits per heavy atom. The summed E-state index contributed by atoms with van der Waals surface area (Å²) in [5.74, 6) is -0.442. The minimum Gasteiger partial charge on any atom is -0.391 e. The highest BCUT2D eigenvalue weighted by molar-refractivity contribution is 7.91. The van der Waals surface area contributed by atoms with Gasteiger partial charge in [0, 0.05) is 17.6 Å². The molecule has 1 aliphatic carbocycles. The van der Waals surface area contributed by atoms with E-state index in [0.29, 0.717) is 23.4 Å². The van der Waals surface area contributed by atoms with Gasteiger partial charge in [0.15, 0.2) is 0 Å². The maximum atomic E-state index is 12.8. The summed E-state index contributed by atoms with van der Waals surface area (Å²) in [6, 6.07) is 5.77. The summed E-state index contributed by atoms with van der Waals surface area (Å²) in [7, 11) is -2.47. The maximum absolute atomic E-state index is 12.8. The van der Waals surface area contributed by atoms with E-state index in [1.807, 2.05) is 0 Å². The van der Waals surface area contributed by atoms with E-state index in [4.69, 9.17) is 11.6 Å². The number of halogens is 1. The smallest absolute Gasteiger partial charge is 0.272 e. The predicted molar refractivity (Wildman–Crippen MR) is 103 cm³/mol. The molecule has 2 aromatic rings. The molecular formula is C16H19ClN4O4S2. The molecule has 0 radical (unpaired) electrons. The van der Waals surface area contributed by atoms with Gasteiger partial charge in [-0.05, 0) is 37.1 Å². The molecule has 0 spiro atoms. The Bertz CT molecular complexity index is 917. The number of nitrogens with zero attached hydrogens (tertiary/aromatic N) is 3. The minimum absolute atomic E-state index is 0.0751. The summed E-state index contributed by atoms with van der Waals surface area (Å²) in [6.45, 7) is 0. The first kappa shape index (κ1) is 20.2. The third-order valence-electron chi connectivity index (χ3n) is 4.49. The number of aliphatic hydroxyl groups is 1. The van der Waals surface area contributed by atoms with Crippen molar-refractivity contribution in [3.63, 3.8) is 0 Å². The van der Waals surface area contributed by atoms with Crippen LogP contribution in [0.15, 0.2) is 28.6 Å². The molecule has 0 bridgehead atoms. The van der Waals surface area contributed by atoms with Gasteiger partial charge in [0.05, 0.1) is 12.1 Å². The van der Waals surface area contributed by atoms with E-state index in [2.05, 4.69) is 15.5 Å². The minimum atomic E-state index is -3.91. The van der Waals surface area contributed by atoms with Crippen molar-refractivity contribution in [1.82, 2.24) is 14.5 Å². The summed E-state index contributed by atoms with van der Waals surface area (Å²) in [5, 5.41) is 20.7. The first-order valence-corrected chi connectivity index (χ1v) is 11.0. The Labute approximate surface area is 166 Å². The van der Waals surface area contributed by atoms with E-state index < -0.39 is 28.1 Å². The Morgan fingerprint density at radius 3 is 2.59 bits per heavy atom. The molecule has 27 heavy (non-hydrogen) atoms. The van der Waals surface area contributed by atoms with Crippen molar-refractivity contribution >= 4 is 44.0 Å². The molecule has 8 nitrogen and oxygen atoms in total. The van der Waals surface area contributed by atoms with Crippen LogP contribution in [0.25, 0.3) is 0 Å². The number of carbonyl (C=O) groups excluding carboxylic acids is 1. The normalized spacial score (nSPS) is 20.6. The molecule has 1 aromatic carbocycles. The Morgan fingerprint density at radius 1 is 1.26 bits per heavy atom. The SMILES string of the molecule is CN([C@@H]1CCCC[C@H]1O)S(=O)(=O)c1nnc(NC(=O)c2ccc(Cl)cc2)s1. The fraction of sp³-hybridized carbons (Fsp3) is 0.438. The average Bonchev–Trinajstić information content (AvgIpc) is 3.11. The second kappa shape index (κ2) is 8.19. The molecule has 3 rings (SSSR count). The van der Waals surface area contributed by atoms with Crippen LogP contribution >= 0.6 is 22.9 Å². The van der Waals surface area contributed by atoms with Gasteiger partial charge in [-0.15, -0.1) is 10.2 Å². The number of hydrogen-bond donors (Lipinski definition) is 2. The molecule has 2 atom stereocenters. The van der Waals surface area contributed by atoms with Crippen LogP contribution in [0, 0.1) is 0 Å². The van der Waals surface area contributed by atoms with Crippen molar-refractivity contribution < 1.29 is 18.3 Å². The van der Waals surface area contributed by atoms with E-state index in [1.165, 1.54) is 7.05 Å². The number of rotatable bonds is 5. The van der Waals surface area contributed by atoms with Gasteiger partial charge >= 0.3 is 0 Å². The molecule has 146 valence electrons. The lowest BCUT2D eigenvalue weighted by Gasteiger charge is -2.33. The number of sulfonamides is 1. The number of likely N-dealkylation sites (N-methyl/N-ethyl adjacent to an activating group) is 1. The topological polar surface area (TPSA) is 112 Å². The quantitative estimate of drug-likeness (QED) is 0.704. The second-order valence-electron chi connectivity index (χ2n) is 6.27. The van der Waals surface area contributed by atoms with Gasteiger partial charge < -0.3 is 5.11 Å². The zero-order valence-corrected chi connectivity index (χ0v) is 16.9. The van der Waals surface area contributed by atoms with Crippen LogP contribution in [0.1, 0.15) is 36.0 Å². The van der Waals surface area contributed by atoms with Gasteiger partial charge in [0.25, 0.3) is 15.9 Å². The predicted octanol–water partition coefficient (Wildman–Crippen LogP) is 2.37. The van der Waals surface area contributed by atoms with Crippen LogP contribution in [-0.2, 0) is 10.0 Å². The fourth-order valence-electron chi connectivity index (χ4n) is 2.95. The van der Waals surface area contributed by atoms with Crippen molar-refractivity contribution in [3.05, 3.63) is 34.9 Å². The molecular weight excluding hydrogens is 412 g/mol. The van der Waals surface area contributed by atoms with Crippen LogP contribution in [0.5, 0.6) is 0 Å². The van der Waals surface area contributed by atoms with E-state index in [0.717, 1.165) is 28.5 Å². The summed E-state index contributed by atoms with van der Waals surface area (Å²) in [5.41, 5.74) is 0.362. The standard InChI is InChI=1S/C16H19ClN4O4S2/c1-21(12-4-2-3-5-13(12)22)27(24,25)16-20-19-15(26-16)18-14(23)10-6-8-11(17)9-7-10/h6-9,12-13,22H,2-5H2,1H3,(H,18,19,23)/t12-,13-/m1/s1. The number of hydrogen-bond acceptors (Lipinski definition) is 7. The van der Waals surface area contributed by atoms with Gasteiger partial charge in [-0.3, -0.25) is 10.1 Å². The molecule has 2 N–H and O–H groups in total. The number of anilines is 1. The average molecular weight is 431 g/mol. The van der Waals surface area contributed by atoms with E-state index >= 15 is 0 Å². The van der Waals surface area contributed by atoms with Gasteiger partial charge in [0.2, 0.25) is 9.47 Å². The zero-order chi connectivity index (χ0) is 19.6. The van der Waals surface area contributed by atoms with Gasteiger partial charge in [-0.2, -0.15) is 4.31 Å². The molecule has 1 aromatic heterocycles. The lowest BCUT2D eigenvalue weighted by molar-refractivity contribution is 0.0638. The third-order valence-corrected chi connectivity index (χ3v) is 7.81. The molecule has 1 aliphatic rings. The number of aromatic nitrogens is 2. The van der Waals surface area contributed by atoms with E-state index in [1.54, 1.807) is 24.3 Å². The van der Waals surface area contributed by atoms with Crippen LogP contribution in [0.2, 0.25) is 5.02 Å². The highest BCUT2D eigenvalue weighted by atomic mass is 35.5. The number of nitrogens with one attached hydrogen (secondary N) is 1. The third kappa shape index (κ3) is 4.46. The summed E-state index contributed by atoms with van der Waals surface area (Å²) < 4.78 is 26.5. The Balaban J connectivity index is 1.74. The van der Waals surface area contributed by atoms with E-state index in [-0.39, 0.29) is 9.47 Å². The molecule has 1 saturated carbocycles. The van der Waals surface area contributed by atoms with Crippen molar-refractivity contribution in [2.45, 2.75) is 42.2 Å². The van der Waals surface area contributed by atoms with Gasteiger partial charge in [-0.1, -0.05) is 35.8 Å². The lowest BCUT2D eigenvalue weighted by atomic mass is 9.93. The number of amides is 1. The van der Waals surface area contributed by atoms with Gasteiger partial charge in [0.1, 0.15) is 0 Å². The maximum Gasteiger partial charge on any atom is 0.272 e. The molecule has 0 saturated heterocycles. The van der Waals surface area contributed by atoms with Crippen molar-refractivity contribution in [3.8, 4) is 0 Å². The molecule has 1 amide bonds. The zero-order valence-electron chi connectivity index (χ0n) is 14.5. The molecule has 0 unspecified atom stereocenters. The first-order chi connectivity index (χ1) is 12.8. The summed E-state index contributed by atoms with van der Waals surface area (Å²) in [6.07, 6.45) is 2.21. The van der Waals surface area contributed by atoms with Crippen molar-refractivity contribution in [2.24, 2.45) is 0 Å². The monoisotopic (exact) mass is 430 g/mol. The van der Waals surface area contributed by atoms with E-state index in [9.17, 15) is 18.3 Å². The summed E-state index contributed by atoms with van der Waals surface area (Å²) in [4.78, 5) is 12.2. The second-order valence-corrected chi connectivity index (χ2v) is 9.86. The van der Waals surface area contributed by atoms with Crippen molar-refractivity contribution in [1.29, 1.82) is 0 Å². The number of benzene rings is 1. The first-order valence-electron chi connectivity index (χ1n) is 8.35. The fourth-order valence-corrected chi connectivity index (χ4v) is 5.55. The van der Waals surface area contributed by atoms with Crippen LogP contribution in [0.4, 0.5) is 5.13 Å².